The second kappa shape index (κ2) is 7.53. The number of carbonyl (C=O) groups excluding carboxylic acids is 1. The van der Waals surface area contributed by atoms with Gasteiger partial charge in [0.25, 0.3) is 5.76 Å². The van der Waals surface area contributed by atoms with E-state index in [0.717, 1.165) is 6.42 Å². The van der Waals surface area contributed by atoms with Crippen LogP contribution in [0.5, 0.6) is 0 Å². The molecule has 1 fully saturated rings. The number of furan rings is 1. The Labute approximate surface area is 138 Å². The van der Waals surface area contributed by atoms with Crippen LogP contribution in [0, 0.1) is 0 Å². The molecular weight excluding hydrogens is 326 g/mol. The SMILES string of the molecule is CC(C)(C)OC(=O)NC1CC1NCc1ccc(CSC(F)F)o1. The predicted molar refractivity (Wildman–Crippen MR) is 84.4 cm³/mol. The van der Waals surface area contributed by atoms with Crippen LogP contribution in [-0.2, 0) is 17.0 Å². The molecule has 0 spiro atoms. The molecule has 0 aromatic carbocycles. The summed E-state index contributed by atoms with van der Waals surface area (Å²) in [6, 6.07) is 3.70. The minimum atomic E-state index is -2.40. The molecule has 0 radical (unpaired) electrons. The minimum absolute atomic E-state index is 0.0497. The number of nitrogens with one attached hydrogen (secondary N) is 2. The van der Waals surface area contributed by atoms with E-state index in [-0.39, 0.29) is 17.8 Å². The van der Waals surface area contributed by atoms with Gasteiger partial charge in [0.05, 0.1) is 12.3 Å². The molecule has 2 N–H and O–H groups in total. The average molecular weight is 348 g/mol. The van der Waals surface area contributed by atoms with Gasteiger partial charge in [-0.25, -0.2) is 4.79 Å². The van der Waals surface area contributed by atoms with E-state index < -0.39 is 17.5 Å². The Bertz CT molecular complexity index is 531. The van der Waals surface area contributed by atoms with Crippen molar-refractivity contribution in [2.24, 2.45) is 0 Å². The highest BCUT2D eigenvalue weighted by Gasteiger charge is 2.39. The standard InChI is InChI=1S/C15H22F2N2O3S/c1-15(2,3)22-14(20)19-12-6-11(12)18-7-9-4-5-10(21-9)8-23-13(16)17/h4-5,11-13,18H,6-8H2,1-3H3,(H,19,20). The third-order valence-electron chi connectivity index (χ3n) is 3.10. The predicted octanol–water partition coefficient (Wildman–Crippen LogP) is 3.49. The number of amides is 1. The molecule has 0 saturated heterocycles. The van der Waals surface area contributed by atoms with Gasteiger partial charge in [0.1, 0.15) is 17.1 Å². The van der Waals surface area contributed by atoms with Gasteiger partial charge >= 0.3 is 6.09 Å². The fraction of sp³-hybridized carbons (Fsp3) is 0.667. The average Bonchev–Trinajstić information content (AvgIpc) is 2.96. The van der Waals surface area contributed by atoms with E-state index >= 15 is 0 Å². The molecule has 0 bridgehead atoms. The third-order valence-corrected chi connectivity index (χ3v) is 3.80. The van der Waals surface area contributed by atoms with Crippen molar-refractivity contribution in [2.45, 2.75) is 62.9 Å². The highest BCUT2D eigenvalue weighted by Crippen LogP contribution is 2.24. The van der Waals surface area contributed by atoms with Crippen LogP contribution in [0.4, 0.5) is 13.6 Å². The lowest BCUT2D eigenvalue weighted by molar-refractivity contribution is 0.0522. The van der Waals surface area contributed by atoms with Crippen molar-refractivity contribution in [1.82, 2.24) is 10.6 Å². The number of thioether (sulfide) groups is 1. The third kappa shape index (κ3) is 6.78. The number of hydrogen-bond donors (Lipinski definition) is 2. The van der Waals surface area contributed by atoms with Crippen molar-refractivity contribution in [3.63, 3.8) is 0 Å². The first-order valence-electron chi connectivity index (χ1n) is 7.43. The van der Waals surface area contributed by atoms with Crippen LogP contribution < -0.4 is 10.6 Å². The largest absolute Gasteiger partial charge is 0.464 e. The normalized spacial score (nSPS) is 20.6. The molecule has 0 aliphatic heterocycles. The Morgan fingerprint density at radius 1 is 1.39 bits per heavy atom. The Morgan fingerprint density at radius 2 is 2.09 bits per heavy atom. The lowest BCUT2D eigenvalue weighted by Crippen LogP contribution is -2.36. The molecule has 2 unspecified atom stereocenters. The molecule has 130 valence electrons. The summed E-state index contributed by atoms with van der Waals surface area (Å²) in [5.41, 5.74) is -0.511. The van der Waals surface area contributed by atoms with Gasteiger partial charge in [0.15, 0.2) is 0 Å². The van der Waals surface area contributed by atoms with Crippen LogP contribution in [-0.4, -0.2) is 29.5 Å². The maximum atomic E-state index is 12.1. The molecular formula is C15H22F2N2O3S. The van der Waals surface area contributed by atoms with E-state index in [1.807, 2.05) is 20.8 Å². The number of carbonyl (C=O) groups is 1. The monoisotopic (exact) mass is 348 g/mol. The maximum Gasteiger partial charge on any atom is 0.407 e. The quantitative estimate of drug-likeness (QED) is 0.790. The van der Waals surface area contributed by atoms with Crippen LogP contribution in [0.3, 0.4) is 0 Å². The van der Waals surface area contributed by atoms with E-state index in [2.05, 4.69) is 10.6 Å². The van der Waals surface area contributed by atoms with E-state index in [1.54, 1.807) is 12.1 Å². The number of ether oxygens (including phenoxy) is 1. The molecule has 1 aromatic heterocycles. The summed E-state index contributed by atoms with van der Waals surface area (Å²) in [6.07, 6.45) is 0.407. The number of halogens is 2. The highest BCUT2D eigenvalue weighted by atomic mass is 32.2. The summed E-state index contributed by atoms with van der Waals surface area (Å²) in [7, 11) is 0. The van der Waals surface area contributed by atoms with Crippen LogP contribution in [0.1, 0.15) is 38.7 Å². The van der Waals surface area contributed by atoms with Gasteiger partial charge in [-0.15, -0.1) is 0 Å². The van der Waals surface area contributed by atoms with E-state index in [1.165, 1.54) is 0 Å². The molecule has 8 heteroatoms. The van der Waals surface area contributed by atoms with Crippen molar-refractivity contribution in [3.8, 4) is 0 Å². The smallest absolute Gasteiger partial charge is 0.407 e. The van der Waals surface area contributed by atoms with Gasteiger partial charge in [-0.2, -0.15) is 8.78 Å². The number of alkyl halides is 2. The molecule has 23 heavy (non-hydrogen) atoms. The molecule has 2 rings (SSSR count). The molecule has 1 aromatic rings. The first-order chi connectivity index (χ1) is 10.7. The van der Waals surface area contributed by atoms with Crippen molar-refractivity contribution in [1.29, 1.82) is 0 Å². The van der Waals surface area contributed by atoms with E-state index in [4.69, 9.17) is 9.15 Å². The molecule has 2 atom stereocenters. The van der Waals surface area contributed by atoms with Crippen molar-refractivity contribution < 1.29 is 22.7 Å². The second-order valence-electron chi connectivity index (χ2n) is 6.42. The van der Waals surface area contributed by atoms with Gasteiger partial charge in [0.2, 0.25) is 0 Å². The molecule has 1 aliphatic rings. The summed E-state index contributed by atoms with van der Waals surface area (Å²) in [4.78, 5) is 11.6. The van der Waals surface area contributed by atoms with Gasteiger partial charge in [0, 0.05) is 12.1 Å². The van der Waals surface area contributed by atoms with Gasteiger partial charge in [-0.05, 0) is 39.3 Å². The zero-order valence-corrected chi connectivity index (χ0v) is 14.2. The zero-order chi connectivity index (χ0) is 17.0. The van der Waals surface area contributed by atoms with Gasteiger partial charge in [-0.3, -0.25) is 0 Å². The summed E-state index contributed by atoms with van der Waals surface area (Å²) in [5.74, 6) is -1.01. The summed E-state index contributed by atoms with van der Waals surface area (Å²) >= 11 is 0.537. The first-order valence-corrected chi connectivity index (χ1v) is 8.48. The van der Waals surface area contributed by atoms with Crippen molar-refractivity contribution >= 4 is 17.9 Å². The fourth-order valence-corrected chi connectivity index (χ4v) is 2.46. The lowest BCUT2D eigenvalue weighted by Gasteiger charge is -2.19. The summed E-state index contributed by atoms with van der Waals surface area (Å²) in [5, 5.41) is 6.04. The molecule has 1 saturated carbocycles. The Kier molecular flexibility index (Phi) is 5.91. The molecule has 5 nitrogen and oxygen atoms in total. The second-order valence-corrected chi connectivity index (χ2v) is 7.39. The fourth-order valence-electron chi connectivity index (χ4n) is 2.01. The molecule has 1 aliphatic carbocycles. The van der Waals surface area contributed by atoms with E-state index in [0.29, 0.717) is 29.8 Å². The van der Waals surface area contributed by atoms with Crippen LogP contribution in [0.25, 0.3) is 0 Å². The van der Waals surface area contributed by atoms with Crippen LogP contribution in [0.15, 0.2) is 16.5 Å². The molecule has 1 amide bonds. The van der Waals surface area contributed by atoms with Crippen molar-refractivity contribution in [2.75, 3.05) is 0 Å². The number of alkyl carbamates (subject to hydrolysis) is 1. The van der Waals surface area contributed by atoms with E-state index in [9.17, 15) is 13.6 Å². The van der Waals surface area contributed by atoms with Crippen LogP contribution >= 0.6 is 11.8 Å². The Balaban J connectivity index is 1.65. The minimum Gasteiger partial charge on any atom is -0.464 e. The Morgan fingerprint density at radius 3 is 2.74 bits per heavy atom. The first kappa shape index (κ1) is 18.1. The van der Waals surface area contributed by atoms with Crippen molar-refractivity contribution in [3.05, 3.63) is 23.7 Å². The highest BCUT2D eigenvalue weighted by molar-refractivity contribution is 7.98. The van der Waals surface area contributed by atoms with Gasteiger partial charge in [-0.1, -0.05) is 11.8 Å². The number of hydrogen-bond acceptors (Lipinski definition) is 5. The number of rotatable bonds is 7. The van der Waals surface area contributed by atoms with Gasteiger partial charge < -0.3 is 19.8 Å². The lowest BCUT2D eigenvalue weighted by atomic mass is 10.2. The van der Waals surface area contributed by atoms with Crippen LogP contribution in [0.2, 0.25) is 0 Å². The summed E-state index contributed by atoms with van der Waals surface area (Å²) in [6.45, 7) is 5.94. The topological polar surface area (TPSA) is 63.5 Å². The maximum absolute atomic E-state index is 12.1. The zero-order valence-electron chi connectivity index (χ0n) is 13.4. The molecule has 1 heterocycles. The summed E-state index contributed by atoms with van der Waals surface area (Å²) < 4.78 is 34.9. The Hall–Kier alpha value is -1.28.